The highest BCUT2D eigenvalue weighted by atomic mass is 35.5. The standard InChI is InChI=1S/C10H15F3N2O3.ClH/c11-10(12,13)18-5-8(16)7(14)4-6-2-1-3-15-9(6)17;/h6-7H,1-5,14H2,(H,15,17);1H. The molecule has 0 aromatic carbocycles. The zero-order valence-electron chi connectivity index (χ0n) is 10.0. The lowest BCUT2D eigenvalue weighted by molar-refractivity contribution is -0.320. The summed E-state index contributed by atoms with van der Waals surface area (Å²) in [5, 5.41) is 2.62. The Labute approximate surface area is 114 Å². The average Bonchev–Trinajstić information content (AvgIpc) is 2.28. The zero-order chi connectivity index (χ0) is 13.8. The molecule has 1 saturated heterocycles. The van der Waals surface area contributed by atoms with Crippen LogP contribution < -0.4 is 11.1 Å². The highest BCUT2D eigenvalue weighted by molar-refractivity contribution is 5.86. The van der Waals surface area contributed by atoms with E-state index in [1.54, 1.807) is 0 Å². The molecule has 1 rings (SSSR count). The summed E-state index contributed by atoms with van der Waals surface area (Å²) in [6, 6.07) is -1.11. The summed E-state index contributed by atoms with van der Waals surface area (Å²) in [5.74, 6) is -1.48. The van der Waals surface area contributed by atoms with Gasteiger partial charge in [0.15, 0.2) is 5.78 Å². The van der Waals surface area contributed by atoms with E-state index in [4.69, 9.17) is 5.73 Å². The smallest absolute Gasteiger partial charge is 0.356 e. The van der Waals surface area contributed by atoms with Gasteiger partial charge in [-0.05, 0) is 19.3 Å². The second-order valence-electron chi connectivity index (χ2n) is 4.17. The lowest BCUT2D eigenvalue weighted by Gasteiger charge is -2.23. The largest absolute Gasteiger partial charge is 0.522 e. The highest BCUT2D eigenvalue weighted by Gasteiger charge is 2.32. The van der Waals surface area contributed by atoms with Gasteiger partial charge in [-0.3, -0.25) is 14.3 Å². The monoisotopic (exact) mass is 304 g/mol. The first-order valence-corrected chi connectivity index (χ1v) is 5.56. The van der Waals surface area contributed by atoms with Gasteiger partial charge >= 0.3 is 6.36 Å². The second kappa shape index (κ2) is 7.66. The fourth-order valence-corrected chi connectivity index (χ4v) is 1.76. The first-order valence-electron chi connectivity index (χ1n) is 5.56. The third-order valence-corrected chi connectivity index (χ3v) is 2.73. The van der Waals surface area contributed by atoms with Crippen molar-refractivity contribution in [1.82, 2.24) is 5.32 Å². The molecule has 1 amide bonds. The molecule has 112 valence electrons. The van der Waals surface area contributed by atoms with E-state index < -0.39 is 30.7 Å². The maximum absolute atomic E-state index is 11.7. The molecular formula is C10H16ClF3N2O3. The average molecular weight is 305 g/mol. The third kappa shape index (κ3) is 6.74. The van der Waals surface area contributed by atoms with Crippen molar-refractivity contribution in [1.29, 1.82) is 0 Å². The molecule has 0 spiro atoms. The van der Waals surface area contributed by atoms with Crippen molar-refractivity contribution in [3.8, 4) is 0 Å². The predicted octanol–water partition coefficient (Wildman–Crippen LogP) is 0.757. The van der Waals surface area contributed by atoms with E-state index in [-0.39, 0.29) is 24.7 Å². The summed E-state index contributed by atoms with van der Waals surface area (Å²) in [4.78, 5) is 22.7. The van der Waals surface area contributed by atoms with E-state index in [1.165, 1.54) is 0 Å². The first kappa shape index (κ1) is 18.1. The van der Waals surface area contributed by atoms with Crippen LogP contribution >= 0.6 is 12.4 Å². The van der Waals surface area contributed by atoms with Crippen LogP contribution in [0.4, 0.5) is 13.2 Å². The van der Waals surface area contributed by atoms with Crippen molar-refractivity contribution in [2.24, 2.45) is 11.7 Å². The molecule has 1 aliphatic heterocycles. The van der Waals surface area contributed by atoms with E-state index in [1.807, 2.05) is 0 Å². The number of piperidine rings is 1. The summed E-state index contributed by atoms with van der Waals surface area (Å²) in [7, 11) is 0. The normalized spacial score (nSPS) is 21.3. The van der Waals surface area contributed by atoms with Gasteiger partial charge in [0.1, 0.15) is 6.61 Å². The van der Waals surface area contributed by atoms with Crippen molar-refractivity contribution in [2.75, 3.05) is 13.2 Å². The number of nitrogens with one attached hydrogen (secondary N) is 1. The summed E-state index contributed by atoms with van der Waals surface area (Å²) >= 11 is 0. The van der Waals surface area contributed by atoms with Crippen LogP contribution in [0.3, 0.4) is 0 Å². The highest BCUT2D eigenvalue weighted by Crippen LogP contribution is 2.19. The van der Waals surface area contributed by atoms with Crippen LogP contribution in [0.25, 0.3) is 0 Å². The lowest BCUT2D eigenvalue weighted by Crippen LogP contribution is -2.43. The van der Waals surface area contributed by atoms with Gasteiger partial charge in [0, 0.05) is 12.5 Å². The summed E-state index contributed by atoms with van der Waals surface area (Å²) in [5.41, 5.74) is 5.46. The molecule has 0 saturated carbocycles. The lowest BCUT2D eigenvalue weighted by atomic mass is 9.90. The molecule has 1 heterocycles. The minimum atomic E-state index is -4.85. The van der Waals surface area contributed by atoms with Crippen LogP contribution in [0.2, 0.25) is 0 Å². The Kier molecular flexibility index (Phi) is 7.32. The van der Waals surface area contributed by atoms with Crippen molar-refractivity contribution in [3.05, 3.63) is 0 Å². The van der Waals surface area contributed by atoms with Gasteiger partial charge in [0.05, 0.1) is 6.04 Å². The van der Waals surface area contributed by atoms with Gasteiger partial charge in [-0.1, -0.05) is 0 Å². The minimum absolute atomic E-state index is 0. The van der Waals surface area contributed by atoms with Crippen LogP contribution in [0.1, 0.15) is 19.3 Å². The molecule has 5 nitrogen and oxygen atoms in total. The second-order valence-corrected chi connectivity index (χ2v) is 4.17. The number of halogens is 4. The quantitative estimate of drug-likeness (QED) is 0.785. The summed E-state index contributed by atoms with van der Waals surface area (Å²) in [6.45, 7) is -0.533. The van der Waals surface area contributed by atoms with Crippen molar-refractivity contribution in [3.63, 3.8) is 0 Å². The molecule has 0 radical (unpaired) electrons. The molecule has 3 N–H and O–H groups in total. The zero-order valence-corrected chi connectivity index (χ0v) is 10.9. The fourth-order valence-electron chi connectivity index (χ4n) is 1.76. The van der Waals surface area contributed by atoms with Gasteiger partial charge < -0.3 is 11.1 Å². The molecule has 2 atom stereocenters. The van der Waals surface area contributed by atoms with Gasteiger partial charge in [-0.2, -0.15) is 0 Å². The van der Waals surface area contributed by atoms with Crippen LogP contribution in [0.5, 0.6) is 0 Å². The van der Waals surface area contributed by atoms with E-state index in [0.29, 0.717) is 13.0 Å². The van der Waals surface area contributed by atoms with Crippen molar-refractivity contribution >= 4 is 24.1 Å². The Balaban J connectivity index is 0.00000324. The van der Waals surface area contributed by atoms with Gasteiger partial charge in [0.25, 0.3) is 0 Å². The maximum Gasteiger partial charge on any atom is 0.522 e. The predicted molar refractivity (Wildman–Crippen MR) is 62.6 cm³/mol. The number of carbonyl (C=O) groups is 2. The molecule has 2 unspecified atom stereocenters. The van der Waals surface area contributed by atoms with Crippen LogP contribution in [0.15, 0.2) is 0 Å². The number of amides is 1. The molecule has 0 bridgehead atoms. The number of hydrogen-bond acceptors (Lipinski definition) is 4. The van der Waals surface area contributed by atoms with Crippen molar-refractivity contribution in [2.45, 2.75) is 31.7 Å². The van der Waals surface area contributed by atoms with E-state index in [0.717, 1.165) is 6.42 Å². The number of hydrogen-bond donors (Lipinski definition) is 2. The van der Waals surface area contributed by atoms with Crippen LogP contribution in [0, 0.1) is 5.92 Å². The molecule has 9 heteroatoms. The molecule has 0 aromatic heterocycles. The first-order chi connectivity index (χ1) is 8.29. The van der Waals surface area contributed by atoms with E-state index in [2.05, 4.69) is 10.1 Å². The number of Topliss-reactive ketones (excluding diaryl/α,β-unsaturated/α-hetero) is 1. The van der Waals surface area contributed by atoms with E-state index >= 15 is 0 Å². The molecule has 0 aliphatic carbocycles. The van der Waals surface area contributed by atoms with Crippen molar-refractivity contribution < 1.29 is 27.5 Å². The Morgan fingerprint density at radius 2 is 2.16 bits per heavy atom. The molecular weight excluding hydrogens is 289 g/mol. The summed E-state index contributed by atoms with van der Waals surface area (Å²) in [6.07, 6.45) is -3.44. The Hall–Kier alpha value is -0.860. The number of alkyl halides is 3. The van der Waals surface area contributed by atoms with Gasteiger partial charge in [0.2, 0.25) is 5.91 Å². The molecule has 1 aliphatic rings. The maximum atomic E-state index is 11.7. The number of ether oxygens (including phenoxy) is 1. The Bertz CT molecular complexity index is 326. The number of rotatable bonds is 5. The minimum Gasteiger partial charge on any atom is -0.356 e. The topological polar surface area (TPSA) is 81.4 Å². The fraction of sp³-hybridized carbons (Fsp3) is 0.800. The summed E-state index contributed by atoms with van der Waals surface area (Å²) < 4.78 is 38.6. The van der Waals surface area contributed by atoms with Gasteiger partial charge in [-0.25, -0.2) is 0 Å². The molecule has 1 fully saturated rings. The van der Waals surface area contributed by atoms with Crippen LogP contribution in [-0.2, 0) is 14.3 Å². The van der Waals surface area contributed by atoms with Gasteiger partial charge in [-0.15, -0.1) is 25.6 Å². The number of carbonyl (C=O) groups excluding carboxylic acids is 2. The van der Waals surface area contributed by atoms with E-state index in [9.17, 15) is 22.8 Å². The Morgan fingerprint density at radius 1 is 1.53 bits per heavy atom. The molecule has 19 heavy (non-hydrogen) atoms. The third-order valence-electron chi connectivity index (χ3n) is 2.73. The number of nitrogens with two attached hydrogens (primary N) is 1. The number of ketones is 1. The molecule has 0 aromatic rings. The SMILES string of the molecule is Cl.NC(CC1CCCNC1=O)C(=O)COC(F)(F)F. The van der Waals surface area contributed by atoms with Crippen LogP contribution in [-0.4, -0.2) is 37.2 Å². The Morgan fingerprint density at radius 3 is 2.68 bits per heavy atom.